The van der Waals surface area contributed by atoms with Crippen molar-refractivity contribution in [2.24, 2.45) is 0 Å². The third-order valence-corrected chi connectivity index (χ3v) is 5.41. The quantitative estimate of drug-likeness (QED) is 0.748. The van der Waals surface area contributed by atoms with E-state index in [9.17, 15) is 4.79 Å². The second kappa shape index (κ2) is 6.96. The van der Waals surface area contributed by atoms with Crippen molar-refractivity contribution in [1.82, 2.24) is 9.88 Å². The third-order valence-electron chi connectivity index (χ3n) is 5.41. The molecule has 3 aromatic rings. The number of likely N-dealkylation sites (N-methyl/N-ethyl adjacent to an activating group) is 1. The summed E-state index contributed by atoms with van der Waals surface area (Å²) in [6.07, 6.45) is 3.33. The molecule has 0 aliphatic carbocycles. The summed E-state index contributed by atoms with van der Waals surface area (Å²) in [5.74, 6) is 0.0421. The maximum absolute atomic E-state index is 12.7. The molecule has 1 aliphatic heterocycles. The normalized spacial score (nSPS) is 14.4. The first-order valence-electron chi connectivity index (χ1n) is 9.34. The molecule has 0 bridgehead atoms. The summed E-state index contributed by atoms with van der Waals surface area (Å²) in [5.41, 5.74) is 6.93. The molecule has 26 heavy (non-hydrogen) atoms. The fraction of sp³-hybridized carbons (Fsp3) is 0.318. The highest BCUT2D eigenvalue weighted by atomic mass is 16.1. The monoisotopic (exact) mass is 347 g/mol. The van der Waals surface area contributed by atoms with Gasteiger partial charge >= 0.3 is 0 Å². The Morgan fingerprint density at radius 2 is 2.08 bits per heavy atom. The second-order valence-electron chi connectivity index (χ2n) is 7.10. The minimum Gasteiger partial charge on any atom is -0.361 e. The zero-order chi connectivity index (χ0) is 18.1. The van der Waals surface area contributed by atoms with Crippen LogP contribution in [0.25, 0.3) is 10.9 Å². The maximum atomic E-state index is 12.7. The van der Waals surface area contributed by atoms with Gasteiger partial charge in [0.1, 0.15) is 0 Å². The van der Waals surface area contributed by atoms with Gasteiger partial charge in [-0.3, -0.25) is 9.69 Å². The van der Waals surface area contributed by atoms with E-state index in [4.69, 9.17) is 0 Å². The van der Waals surface area contributed by atoms with Crippen molar-refractivity contribution in [3.05, 3.63) is 64.8 Å². The van der Waals surface area contributed by atoms with Crippen LogP contribution in [0.5, 0.6) is 0 Å². The summed E-state index contributed by atoms with van der Waals surface area (Å²) in [5, 5.41) is 4.32. The smallest absolute Gasteiger partial charge is 0.228 e. The van der Waals surface area contributed by atoms with Crippen molar-refractivity contribution in [2.75, 3.05) is 18.4 Å². The average molecular weight is 347 g/mol. The highest BCUT2D eigenvalue weighted by Gasteiger charge is 2.19. The van der Waals surface area contributed by atoms with Crippen LogP contribution < -0.4 is 5.32 Å². The van der Waals surface area contributed by atoms with E-state index < -0.39 is 0 Å². The van der Waals surface area contributed by atoms with Crippen molar-refractivity contribution >= 4 is 22.5 Å². The van der Waals surface area contributed by atoms with Crippen LogP contribution in [-0.2, 0) is 24.2 Å². The molecule has 1 aromatic heterocycles. The molecule has 1 amide bonds. The van der Waals surface area contributed by atoms with Crippen LogP contribution in [0.1, 0.15) is 29.2 Å². The molecule has 0 saturated heterocycles. The van der Waals surface area contributed by atoms with Gasteiger partial charge in [0.15, 0.2) is 0 Å². The molecule has 0 atom stereocenters. The van der Waals surface area contributed by atoms with E-state index in [1.54, 1.807) is 0 Å². The average Bonchev–Trinajstić information content (AvgIpc) is 3.05. The molecular weight excluding hydrogens is 322 g/mol. The number of aryl methyl sites for hydroxylation is 1. The molecular formula is C22H25N3O. The largest absolute Gasteiger partial charge is 0.361 e. The number of fused-ring (bicyclic) bond motifs is 2. The number of benzene rings is 2. The number of hydrogen-bond donors (Lipinski definition) is 2. The lowest BCUT2D eigenvalue weighted by Gasteiger charge is -2.29. The molecule has 0 fully saturated rings. The maximum Gasteiger partial charge on any atom is 0.228 e. The Kier molecular flexibility index (Phi) is 4.51. The number of amides is 1. The number of H-pyrrole nitrogens is 1. The first kappa shape index (κ1) is 16.9. The van der Waals surface area contributed by atoms with Gasteiger partial charge in [0.25, 0.3) is 0 Å². The van der Waals surface area contributed by atoms with E-state index in [0.717, 1.165) is 48.2 Å². The topological polar surface area (TPSA) is 48.1 Å². The van der Waals surface area contributed by atoms with Gasteiger partial charge in [0.05, 0.1) is 6.42 Å². The van der Waals surface area contributed by atoms with Crippen LogP contribution in [0.15, 0.2) is 42.6 Å². The van der Waals surface area contributed by atoms with Gasteiger partial charge < -0.3 is 10.3 Å². The first-order chi connectivity index (χ1) is 12.7. The van der Waals surface area contributed by atoms with E-state index in [1.807, 2.05) is 24.4 Å². The van der Waals surface area contributed by atoms with Crippen molar-refractivity contribution in [2.45, 2.75) is 33.2 Å². The molecule has 2 aromatic carbocycles. The third kappa shape index (κ3) is 3.13. The van der Waals surface area contributed by atoms with Crippen molar-refractivity contribution in [3.63, 3.8) is 0 Å². The van der Waals surface area contributed by atoms with Crippen LogP contribution in [0.3, 0.4) is 0 Å². The van der Waals surface area contributed by atoms with Crippen LogP contribution in [0.2, 0.25) is 0 Å². The van der Waals surface area contributed by atoms with E-state index in [-0.39, 0.29) is 5.91 Å². The van der Waals surface area contributed by atoms with Gasteiger partial charge in [-0.2, -0.15) is 0 Å². The molecule has 2 N–H and O–H groups in total. The molecule has 2 heterocycles. The van der Waals surface area contributed by atoms with Crippen LogP contribution in [0.4, 0.5) is 5.69 Å². The Morgan fingerprint density at radius 1 is 1.23 bits per heavy atom. The number of aromatic amines is 1. The second-order valence-corrected chi connectivity index (χ2v) is 7.10. The zero-order valence-electron chi connectivity index (χ0n) is 15.4. The summed E-state index contributed by atoms with van der Waals surface area (Å²) < 4.78 is 0. The van der Waals surface area contributed by atoms with Crippen LogP contribution in [-0.4, -0.2) is 28.9 Å². The lowest BCUT2D eigenvalue weighted by molar-refractivity contribution is -0.115. The predicted octanol–water partition coefficient (Wildman–Crippen LogP) is 4.04. The molecule has 4 heteroatoms. The Bertz CT molecular complexity index is 957. The summed E-state index contributed by atoms with van der Waals surface area (Å²) in [6, 6.07) is 12.4. The van der Waals surface area contributed by atoms with Crippen molar-refractivity contribution in [1.29, 1.82) is 0 Å². The standard InChI is InChI=1S/C22H25N3O/c1-3-25-11-10-18-16(14-25)7-5-8-19(18)24-21(26)12-17-13-23-20-9-4-6-15(2)22(17)20/h4-9,13,23H,3,10-12,14H2,1-2H3,(H,24,26). The minimum atomic E-state index is 0.0421. The minimum absolute atomic E-state index is 0.0421. The molecule has 1 aliphatic rings. The number of nitrogens with zero attached hydrogens (tertiary/aromatic N) is 1. The molecule has 4 rings (SSSR count). The summed E-state index contributed by atoms with van der Waals surface area (Å²) >= 11 is 0. The predicted molar refractivity (Wildman–Crippen MR) is 106 cm³/mol. The Hall–Kier alpha value is -2.59. The van der Waals surface area contributed by atoms with Gasteiger partial charge in [0, 0.05) is 35.9 Å². The highest BCUT2D eigenvalue weighted by molar-refractivity contribution is 5.97. The van der Waals surface area contributed by atoms with Crippen molar-refractivity contribution in [3.8, 4) is 0 Å². The molecule has 0 spiro atoms. The number of nitrogens with one attached hydrogen (secondary N) is 2. The Balaban J connectivity index is 1.54. The molecule has 0 saturated carbocycles. The lowest BCUT2D eigenvalue weighted by Crippen LogP contribution is -2.31. The number of rotatable bonds is 4. The van der Waals surface area contributed by atoms with Crippen molar-refractivity contribution < 1.29 is 4.79 Å². The summed E-state index contributed by atoms with van der Waals surface area (Å²) in [7, 11) is 0. The fourth-order valence-corrected chi connectivity index (χ4v) is 4.01. The number of aromatic nitrogens is 1. The van der Waals surface area contributed by atoms with Crippen LogP contribution >= 0.6 is 0 Å². The number of carbonyl (C=O) groups is 1. The van der Waals surface area contributed by atoms with Gasteiger partial charge in [-0.05, 0) is 54.3 Å². The van der Waals surface area contributed by atoms with Gasteiger partial charge in [0.2, 0.25) is 5.91 Å². The Morgan fingerprint density at radius 3 is 2.92 bits per heavy atom. The van der Waals surface area contributed by atoms with Gasteiger partial charge in [-0.1, -0.05) is 31.2 Å². The Labute approximate surface area is 154 Å². The van der Waals surface area contributed by atoms with Gasteiger partial charge in [-0.25, -0.2) is 0 Å². The molecule has 4 nitrogen and oxygen atoms in total. The first-order valence-corrected chi connectivity index (χ1v) is 9.34. The number of carbonyl (C=O) groups excluding carboxylic acids is 1. The molecule has 134 valence electrons. The van der Waals surface area contributed by atoms with Gasteiger partial charge in [-0.15, -0.1) is 0 Å². The molecule has 0 unspecified atom stereocenters. The summed E-state index contributed by atoms with van der Waals surface area (Å²) in [6.45, 7) is 7.37. The van der Waals surface area contributed by atoms with E-state index in [1.165, 1.54) is 16.7 Å². The summed E-state index contributed by atoms with van der Waals surface area (Å²) in [4.78, 5) is 18.4. The number of anilines is 1. The zero-order valence-corrected chi connectivity index (χ0v) is 15.4. The van der Waals surface area contributed by atoms with E-state index in [0.29, 0.717) is 6.42 Å². The lowest BCUT2D eigenvalue weighted by atomic mass is 9.97. The highest BCUT2D eigenvalue weighted by Crippen LogP contribution is 2.27. The van der Waals surface area contributed by atoms with Crippen LogP contribution in [0, 0.1) is 6.92 Å². The number of hydrogen-bond acceptors (Lipinski definition) is 2. The fourth-order valence-electron chi connectivity index (χ4n) is 4.01. The van der Waals surface area contributed by atoms with E-state index in [2.05, 4.69) is 47.2 Å². The molecule has 0 radical (unpaired) electrons. The SMILES string of the molecule is CCN1CCc2c(cccc2NC(=O)Cc2c[nH]c3cccc(C)c23)C1. The van der Waals surface area contributed by atoms with E-state index >= 15 is 0 Å².